The molecule has 1 saturated heterocycles. The van der Waals surface area contributed by atoms with Gasteiger partial charge in [0.05, 0.1) is 5.69 Å². The zero-order chi connectivity index (χ0) is 15.9. The predicted molar refractivity (Wildman–Crippen MR) is 114 cm³/mol. The molecule has 0 bridgehead atoms. The quantitative estimate of drug-likeness (QED) is 0.296. The van der Waals surface area contributed by atoms with Gasteiger partial charge in [-0.3, -0.25) is 4.99 Å². The SMILES string of the molecule is CCNC(=NCCc1csc(N2CCCC2)n1)NC1CC=CC1.I. The normalized spacial score (nSPS) is 18.0. The Morgan fingerprint density at radius 1 is 1.33 bits per heavy atom. The van der Waals surface area contributed by atoms with E-state index >= 15 is 0 Å². The molecule has 0 aromatic carbocycles. The van der Waals surface area contributed by atoms with Crippen LogP contribution in [0, 0.1) is 0 Å². The molecule has 0 amide bonds. The maximum absolute atomic E-state index is 4.76. The van der Waals surface area contributed by atoms with Crippen LogP contribution in [-0.2, 0) is 6.42 Å². The molecule has 1 aromatic heterocycles. The van der Waals surface area contributed by atoms with Crippen molar-refractivity contribution in [3.63, 3.8) is 0 Å². The van der Waals surface area contributed by atoms with Crippen LogP contribution in [0.1, 0.15) is 38.3 Å². The third kappa shape index (κ3) is 5.61. The van der Waals surface area contributed by atoms with Crippen LogP contribution in [0.4, 0.5) is 5.13 Å². The summed E-state index contributed by atoms with van der Waals surface area (Å²) in [6.45, 7) is 6.09. The molecule has 2 N–H and O–H groups in total. The van der Waals surface area contributed by atoms with Crippen LogP contribution >= 0.6 is 35.3 Å². The van der Waals surface area contributed by atoms with Crippen LogP contribution < -0.4 is 15.5 Å². The van der Waals surface area contributed by atoms with Crippen molar-refractivity contribution in [3.8, 4) is 0 Å². The summed E-state index contributed by atoms with van der Waals surface area (Å²) >= 11 is 1.77. The number of aliphatic imine (C=N–C) groups is 1. The lowest BCUT2D eigenvalue weighted by atomic mass is 10.2. The molecule has 2 aliphatic rings. The molecule has 0 atom stereocenters. The fourth-order valence-corrected chi connectivity index (χ4v) is 3.91. The van der Waals surface area contributed by atoms with Crippen molar-refractivity contribution >= 4 is 46.4 Å². The molecular weight excluding hydrogens is 433 g/mol. The van der Waals surface area contributed by atoms with Gasteiger partial charge in [0, 0.05) is 44.0 Å². The zero-order valence-corrected chi connectivity index (χ0v) is 17.5. The van der Waals surface area contributed by atoms with Crippen molar-refractivity contribution < 1.29 is 0 Å². The van der Waals surface area contributed by atoms with E-state index in [4.69, 9.17) is 9.98 Å². The largest absolute Gasteiger partial charge is 0.357 e. The van der Waals surface area contributed by atoms with Crippen molar-refractivity contribution in [2.45, 2.75) is 45.1 Å². The molecule has 0 saturated carbocycles. The molecule has 2 heterocycles. The van der Waals surface area contributed by atoms with Crippen LogP contribution in [0.25, 0.3) is 0 Å². The van der Waals surface area contributed by atoms with E-state index in [0.29, 0.717) is 6.04 Å². The summed E-state index contributed by atoms with van der Waals surface area (Å²) in [4.78, 5) is 11.9. The third-order valence-corrected chi connectivity index (χ3v) is 5.20. The van der Waals surface area contributed by atoms with Gasteiger partial charge in [-0.1, -0.05) is 12.2 Å². The van der Waals surface area contributed by atoms with Gasteiger partial charge in [-0.2, -0.15) is 0 Å². The average molecular weight is 461 g/mol. The summed E-state index contributed by atoms with van der Waals surface area (Å²) in [5, 5.41) is 10.2. The van der Waals surface area contributed by atoms with E-state index in [1.54, 1.807) is 11.3 Å². The monoisotopic (exact) mass is 461 g/mol. The summed E-state index contributed by atoms with van der Waals surface area (Å²) in [5.41, 5.74) is 1.17. The van der Waals surface area contributed by atoms with E-state index in [1.165, 1.54) is 23.7 Å². The van der Waals surface area contributed by atoms with Gasteiger partial charge in [0.1, 0.15) is 0 Å². The first kappa shape index (κ1) is 19.5. The second-order valence-corrected chi connectivity index (χ2v) is 6.95. The number of nitrogens with zero attached hydrogens (tertiary/aromatic N) is 3. The molecule has 1 aliphatic heterocycles. The van der Waals surface area contributed by atoms with Gasteiger partial charge in [-0.25, -0.2) is 4.98 Å². The molecule has 3 rings (SSSR count). The van der Waals surface area contributed by atoms with Gasteiger partial charge in [0.15, 0.2) is 11.1 Å². The molecule has 1 fully saturated rings. The van der Waals surface area contributed by atoms with Gasteiger partial charge in [0.25, 0.3) is 0 Å². The molecular formula is C17H28IN5S. The topological polar surface area (TPSA) is 52.6 Å². The van der Waals surface area contributed by atoms with E-state index in [9.17, 15) is 0 Å². The minimum atomic E-state index is 0. The molecule has 134 valence electrons. The Labute approximate surface area is 166 Å². The van der Waals surface area contributed by atoms with Crippen LogP contribution in [0.15, 0.2) is 22.5 Å². The van der Waals surface area contributed by atoms with Crippen LogP contribution in [0.2, 0.25) is 0 Å². The number of anilines is 1. The maximum atomic E-state index is 4.76. The number of guanidine groups is 1. The van der Waals surface area contributed by atoms with E-state index in [-0.39, 0.29) is 24.0 Å². The highest BCUT2D eigenvalue weighted by Crippen LogP contribution is 2.24. The zero-order valence-electron chi connectivity index (χ0n) is 14.3. The fourth-order valence-electron chi connectivity index (χ4n) is 3.00. The van der Waals surface area contributed by atoms with Crippen molar-refractivity contribution in [2.24, 2.45) is 4.99 Å². The lowest BCUT2D eigenvalue weighted by Crippen LogP contribution is -2.42. The number of thiazole rings is 1. The number of nitrogens with one attached hydrogen (secondary N) is 2. The Bertz CT molecular complexity index is 543. The van der Waals surface area contributed by atoms with Gasteiger partial charge < -0.3 is 15.5 Å². The lowest BCUT2D eigenvalue weighted by Gasteiger charge is -2.16. The Morgan fingerprint density at radius 2 is 2.08 bits per heavy atom. The molecule has 1 aromatic rings. The van der Waals surface area contributed by atoms with Gasteiger partial charge in [-0.05, 0) is 32.6 Å². The fraction of sp³-hybridized carbons (Fsp3) is 0.647. The van der Waals surface area contributed by atoms with Crippen molar-refractivity contribution in [1.82, 2.24) is 15.6 Å². The van der Waals surface area contributed by atoms with Gasteiger partial charge in [-0.15, -0.1) is 35.3 Å². The molecule has 5 nitrogen and oxygen atoms in total. The summed E-state index contributed by atoms with van der Waals surface area (Å²) < 4.78 is 0. The van der Waals surface area contributed by atoms with Crippen molar-refractivity contribution in [1.29, 1.82) is 0 Å². The minimum absolute atomic E-state index is 0. The van der Waals surface area contributed by atoms with Crippen LogP contribution in [-0.4, -0.2) is 43.2 Å². The highest BCUT2D eigenvalue weighted by atomic mass is 127. The Morgan fingerprint density at radius 3 is 2.79 bits per heavy atom. The molecule has 0 unspecified atom stereocenters. The third-order valence-electron chi connectivity index (χ3n) is 4.25. The van der Waals surface area contributed by atoms with Crippen molar-refractivity contribution in [2.75, 3.05) is 31.1 Å². The Hall–Kier alpha value is -0.830. The number of hydrogen-bond acceptors (Lipinski definition) is 4. The van der Waals surface area contributed by atoms with Crippen LogP contribution in [0.5, 0.6) is 0 Å². The van der Waals surface area contributed by atoms with E-state index in [2.05, 4.69) is 40.0 Å². The van der Waals surface area contributed by atoms with E-state index in [1.807, 2.05) is 0 Å². The van der Waals surface area contributed by atoms with Crippen LogP contribution in [0.3, 0.4) is 0 Å². The highest BCUT2D eigenvalue weighted by molar-refractivity contribution is 14.0. The molecule has 24 heavy (non-hydrogen) atoms. The first-order valence-corrected chi connectivity index (χ1v) is 9.62. The molecule has 7 heteroatoms. The Balaban J connectivity index is 0.00000208. The summed E-state index contributed by atoms with van der Waals surface area (Å²) in [6.07, 6.45) is 10.2. The minimum Gasteiger partial charge on any atom is -0.357 e. The van der Waals surface area contributed by atoms with Gasteiger partial charge in [0.2, 0.25) is 0 Å². The van der Waals surface area contributed by atoms with Gasteiger partial charge >= 0.3 is 0 Å². The first-order chi connectivity index (χ1) is 11.3. The number of hydrogen-bond donors (Lipinski definition) is 2. The number of aromatic nitrogens is 1. The predicted octanol–water partition coefficient (Wildman–Crippen LogP) is 3.18. The maximum Gasteiger partial charge on any atom is 0.191 e. The average Bonchev–Trinajstić information content (AvgIpc) is 3.30. The highest BCUT2D eigenvalue weighted by Gasteiger charge is 2.15. The molecule has 0 radical (unpaired) electrons. The Kier molecular flexibility index (Phi) is 8.31. The summed E-state index contributed by atoms with van der Waals surface area (Å²) in [5.74, 6) is 0.927. The summed E-state index contributed by atoms with van der Waals surface area (Å²) in [6, 6.07) is 0.494. The standard InChI is InChI=1S/C17H27N5S.HI/c1-2-18-16(20-14-7-3-4-8-14)19-10-9-15-13-23-17(21-15)22-11-5-6-12-22;/h3-4,13-14H,2,5-12H2,1H3,(H2,18,19,20);1H. The number of rotatable bonds is 6. The lowest BCUT2D eigenvalue weighted by molar-refractivity contribution is 0.633. The molecule has 1 aliphatic carbocycles. The van der Waals surface area contributed by atoms with Crippen molar-refractivity contribution in [3.05, 3.63) is 23.2 Å². The van der Waals surface area contributed by atoms with E-state index in [0.717, 1.165) is 51.4 Å². The molecule has 0 spiro atoms. The number of halogens is 1. The summed E-state index contributed by atoms with van der Waals surface area (Å²) in [7, 11) is 0. The van der Waals surface area contributed by atoms with E-state index < -0.39 is 0 Å². The second kappa shape index (κ2) is 10.2. The second-order valence-electron chi connectivity index (χ2n) is 6.11. The first-order valence-electron chi connectivity index (χ1n) is 8.74. The smallest absolute Gasteiger partial charge is 0.191 e.